The van der Waals surface area contributed by atoms with Crippen LogP contribution >= 0.6 is 0 Å². The van der Waals surface area contributed by atoms with Gasteiger partial charge in [-0.1, -0.05) is 0 Å². The Morgan fingerprint density at radius 2 is 2.20 bits per heavy atom. The summed E-state index contributed by atoms with van der Waals surface area (Å²) >= 11 is 0. The third-order valence-corrected chi connectivity index (χ3v) is 2.04. The van der Waals surface area contributed by atoms with Crippen molar-refractivity contribution in [1.29, 1.82) is 0 Å². The maximum atomic E-state index is 13.0. The largest absolute Gasteiger partial charge is 0.314 e. The molecule has 2 atom stereocenters. The Bertz CT molecular complexity index is 106. The number of hydrogen-bond donors (Lipinski definition) is 1. The molecule has 1 saturated heterocycles. The molecule has 2 nitrogen and oxygen atoms in total. The smallest absolute Gasteiger partial charge is 0.128 e. The van der Waals surface area contributed by atoms with Crippen LogP contribution < -0.4 is 5.32 Å². The molecule has 1 aliphatic heterocycles. The molecule has 1 N–H and O–H groups in total. The molecule has 0 aromatic heterocycles. The van der Waals surface area contributed by atoms with Crippen LogP contribution in [0.15, 0.2) is 0 Å². The molecular formula is C7H15FN2. The highest BCUT2D eigenvalue weighted by Crippen LogP contribution is 2.11. The molecule has 3 heteroatoms. The predicted octanol–water partition coefficient (Wildman–Crippen LogP) is 0.248. The van der Waals surface area contributed by atoms with E-state index in [1.54, 1.807) is 0 Å². The van der Waals surface area contributed by atoms with E-state index >= 15 is 0 Å². The SMILES string of the molecule is CN(C)[C@H]1CCNC[C@@H]1F. The first-order valence-corrected chi connectivity index (χ1v) is 3.73. The Balaban J connectivity index is 2.40. The van der Waals surface area contributed by atoms with Crippen molar-refractivity contribution in [2.45, 2.75) is 18.6 Å². The lowest BCUT2D eigenvalue weighted by Crippen LogP contribution is -2.48. The third-order valence-electron chi connectivity index (χ3n) is 2.04. The molecule has 0 spiro atoms. The van der Waals surface area contributed by atoms with Gasteiger partial charge in [-0.25, -0.2) is 4.39 Å². The minimum atomic E-state index is -0.691. The van der Waals surface area contributed by atoms with E-state index in [2.05, 4.69) is 5.32 Å². The van der Waals surface area contributed by atoms with E-state index in [0.717, 1.165) is 13.0 Å². The highest BCUT2D eigenvalue weighted by Gasteiger charge is 2.25. The normalized spacial score (nSPS) is 34.8. The number of nitrogens with one attached hydrogen (secondary N) is 1. The topological polar surface area (TPSA) is 15.3 Å². The number of hydrogen-bond acceptors (Lipinski definition) is 2. The van der Waals surface area contributed by atoms with Gasteiger partial charge in [-0.2, -0.15) is 0 Å². The first-order valence-electron chi connectivity index (χ1n) is 3.73. The van der Waals surface area contributed by atoms with Crippen molar-refractivity contribution in [1.82, 2.24) is 10.2 Å². The monoisotopic (exact) mass is 146 g/mol. The standard InChI is InChI=1S/C7H15FN2/c1-10(2)7-3-4-9-5-6(7)8/h6-7,9H,3-5H2,1-2H3/t6-,7-/m0/s1. The van der Waals surface area contributed by atoms with Crippen molar-refractivity contribution in [3.05, 3.63) is 0 Å². The fraction of sp³-hybridized carbons (Fsp3) is 1.00. The molecule has 0 aromatic carbocycles. The zero-order chi connectivity index (χ0) is 7.56. The second kappa shape index (κ2) is 3.30. The van der Waals surface area contributed by atoms with Gasteiger partial charge in [0.1, 0.15) is 6.17 Å². The molecule has 1 heterocycles. The van der Waals surface area contributed by atoms with E-state index in [-0.39, 0.29) is 6.04 Å². The summed E-state index contributed by atoms with van der Waals surface area (Å²) in [6.07, 6.45) is 0.234. The summed E-state index contributed by atoms with van der Waals surface area (Å²) in [5, 5.41) is 3.02. The quantitative estimate of drug-likeness (QED) is 0.570. The summed E-state index contributed by atoms with van der Waals surface area (Å²) in [6.45, 7) is 1.46. The van der Waals surface area contributed by atoms with Crippen LogP contribution in [-0.4, -0.2) is 44.3 Å². The zero-order valence-corrected chi connectivity index (χ0v) is 6.60. The van der Waals surface area contributed by atoms with Crippen LogP contribution in [0.2, 0.25) is 0 Å². The van der Waals surface area contributed by atoms with Crippen LogP contribution in [0.3, 0.4) is 0 Å². The van der Waals surface area contributed by atoms with Gasteiger partial charge < -0.3 is 10.2 Å². The van der Waals surface area contributed by atoms with Crippen LogP contribution in [0.4, 0.5) is 4.39 Å². The highest BCUT2D eigenvalue weighted by molar-refractivity contribution is 4.82. The van der Waals surface area contributed by atoms with Crippen LogP contribution in [0.1, 0.15) is 6.42 Å². The minimum Gasteiger partial charge on any atom is -0.314 e. The summed E-state index contributed by atoms with van der Waals surface area (Å²) in [6, 6.07) is 0.126. The van der Waals surface area contributed by atoms with Crippen molar-refractivity contribution in [2.24, 2.45) is 0 Å². The Kier molecular flexibility index (Phi) is 2.63. The van der Waals surface area contributed by atoms with E-state index in [9.17, 15) is 4.39 Å². The summed E-state index contributed by atoms with van der Waals surface area (Å²) in [5.74, 6) is 0. The number of nitrogens with zero attached hydrogens (tertiary/aromatic N) is 1. The van der Waals surface area contributed by atoms with E-state index in [0.29, 0.717) is 6.54 Å². The van der Waals surface area contributed by atoms with Crippen molar-refractivity contribution >= 4 is 0 Å². The lowest BCUT2D eigenvalue weighted by molar-refractivity contribution is 0.125. The third kappa shape index (κ3) is 1.67. The molecule has 1 aliphatic rings. The van der Waals surface area contributed by atoms with E-state index in [1.807, 2.05) is 19.0 Å². The van der Waals surface area contributed by atoms with Crippen molar-refractivity contribution in [3.63, 3.8) is 0 Å². The zero-order valence-electron chi connectivity index (χ0n) is 6.60. The second-order valence-corrected chi connectivity index (χ2v) is 3.04. The lowest BCUT2D eigenvalue weighted by Gasteiger charge is -2.31. The van der Waals surface area contributed by atoms with Gasteiger partial charge in [-0.3, -0.25) is 0 Å². The molecule has 0 aliphatic carbocycles. The van der Waals surface area contributed by atoms with Gasteiger partial charge in [0.25, 0.3) is 0 Å². The van der Waals surface area contributed by atoms with Gasteiger partial charge in [0.15, 0.2) is 0 Å². The van der Waals surface area contributed by atoms with E-state index < -0.39 is 6.17 Å². The fourth-order valence-electron chi connectivity index (χ4n) is 1.39. The van der Waals surface area contributed by atoms with Gasteiger partial charge in [0.2, 0.25) is 0 Å². The fourth-order valence-corrected chi connectivity index (χ4v) is 1.39. The number of alkyl halides is 1. The van der Waals surface area contributed by atoms with Gasteiger partial charge in [-0.05, 0) is 27.1 Å². The lowest BCUT2D eigenvalue weighted by atomic mass is 10.0. The first kappa shape index (κ1) is 7.95. The summed E-state index contributed by atoms with van der Waals surface area (Å²) < 4.78 is 13.0. The number of halogens is 1. The summed E-state index contributed by atoms with van der Waals surface area (Å²) in [5.41, 5.74) is 0. The predicted molar refractivity (Wildman–Crippen MR) is 39.9 cm³/mol. The molecule has 0 amide bonds. The van der Waals surface area contributed by atoms with E-state index in [1.165, 1.54) is 0 Å². The van der Waals surface area contributed by atoms with Gasteiger partial charge in [0.05, 0.1) is 0 Å². The molecule has 0 aromatic rings. The first-order chi connectivity index (χ1) is 4.72. The van der Waals surface area contributed by atoms with Crippen LogP contribution in [-0.2, 0) is 0 Å². The number of rotatable bonds is 1. The number of piperidine rings is 1. The second-order valence-electron chi connectivity index (χ2n) is 3.04. The molecule has 60 valence electrons. The van der Waals surface area contributed by atoms with Crippen LogP contribution in [0.25, 0.3) is 0 Å². The van der Waals surface area contributed by atoms with Crippen molar-refractivity contribution in [2.75, 3.05) is 27.2 Å². The molecule has 1 rings (SSSR count). The Morgan fingerprint density at radius 3 is 2.60 bits per heavy atom. The molecule has 0 unspecified atom stereocenters. The molecule has 0 radical (unpaired) electrons. The van der Waals surface area contributed by atoms with Crippen LogP contribution in [0, 0.1) is 0 Å². The molecule has 10 heavy (non-hydrogen) atoms. The molecule has 0 bridgehead atoms. The summed E-state index contributed by atoms with van der Waals surface area (Å²) in [7, 11) is 3.87. The molecule has 0 saturated carbocycles. The van der Waals surface area contributed by atoms with Gasteiger partial charge in [0, 0.05) is 12.6 Å². The van der Waals surface area contributed by atoms with Crippen molar-refractivity contribution in [3.8, 4) is 0 Å². The Morgan fingerprint density at radius 1 is 1.50 bits per heavy atom. The Labute approximate surface area is 61.4 Å². The average molecular weight is 146 g/mol. The minimum absolute atomic E-state index is 0.126. The molecule has 1 fully saturated rings. The highest BCUT2D eigenvalue weighted by atomic mass is 19.1. The molecular weight excluding hydrogens is 131 g/mol. The van der Waals surface area contributed by atoms with Gasteiger partial charge in [-0.15, -0.1) is 0 Å². The van der Waals surface area contributed by atoms with Crippen molar-refractivity contribution < 1.29 is 4.39 Å². The Hall–Kier alpha value is -0.150. The maximum Gasteiger partial charge on any atom is 0.128 e. The van der Waals surface area contributed by atoms with Gasteiger partial charge >= 0.3 is 0 Å². The average Bonchev–Trinajstić information content (AvgIpc) is 1.88. The maximum absolute atomic E-state index is 13.0. The summed E-state index contributed by atoms with van der Waals surface area (Å²) in [4.78, 5) is 1.96. The van der Waals surface area contributed by atoms with Crippen LogP contribution in [0.5, 0.6) is 0 Å². The van der Waals surface area contributed by atoms with E-state index in [4.69, 9.17) is 0 Å².